The number of rotatable bonds is 7. The monoisotopic (exact) mass is 433 g/mol. The van der Waals surface area contributed by atoms with Gasteiger partial charge in [0.15, 0.2) is 0 Å². The van der Waals surface area contributed by atoms with Crippen molar-refractivity contribution in [2.75, 3.05) is 11.9 Å². The average Bonchev–Trinajstić information content (AvgIpc) is 2.76. The molecule has 7 nitrogen and oxygen atoms in total. The molecule has 2 aromatic rings. The van der Waals surface area contributed by atoms with Gasteiger partial charge >= 0.3 is 6.03 Å². The van der Waals surface area contributed by atoms with E-state index >= 15 is 0 Å². The van der Waals surface area contributed by atoms with E-state index in [1.807, 2.05) is 0 Å². The van der Waals surface area contributed by atoms with Gasteiger partial charge in [0.1, 0.15) is 17.7 Å². The molecule has 0 aliphatic carbocycles. The molecule has 3 amide bonds. The number of hydrogen-bond acceptors (Lipinski definition) is 4. The third-order valence-corrected chi connectivity index (χ3v) is 5.05. The Hall–Kier alpha value is -3.04. The zero-order chi connectivity index (χ0) is 22.2. The van der Waals surface area contributed by atoms with Crippen LogP contribution in [0.3, 0.4) is 0 Å². The van der Waals surface area contributed by atoms with Crippen LogP contribution >= 0.6 is 0 Å². The van der Waals surface area contributed by atoms with Gasteiger partial charge in [0, 0.05) is 6.54 Å². The van der Waals surface area contributed by atoms with Gasteiger partial charge in [0.2, 0.25) is 5.91 Å². The number of para-hydroxylation sites is 1. The molecule has 3 rings (SSSR count). The number of aliphatic hydroxyl groups is 1. The molecule has 0 spiro atoms. The first-order valence-electron chi connectivity index (χ1n) is 10.0. The van der Waals surface area contributed by atoms with Crippen LogP contribution in [0.2, 0.25) is 0 Å². The number of urea groups is 1. The van der Waals surface area contributed by atoms with E-state index in [1.165, 1.54) is 30.3 Å². The molecule has 3 atom stereocenters. The van der Waals surface area contributed by atoms with Gasteiger partial charge < -0.3 is 25.8 Å². The SMILES string of the molecule is O=C(C[C@@H]1CC[C@H](NC(=O)Nc2ccccc2F)[C@H](CO)O1)NCc1ccc(F)cc1. The number of carbonyl (C=O) groups is 2. The van der Waals surface area contributed by atoms with Crippen molar-refractivity contribution in [2.24, 2.45) is 0 Å². The molecule has 0 saturated carbocycles. The summed E-state index contributed by atoms with van der Waals surface area (Å²) < 4.78 is 32.4. The smallest absolute Gasteiger partial charge is 0.319 e. The highest BCUT2D eigenvalue weighted by atomic mass is 19.1. The molecule has 1 fully saturated rings. The van der Waals surface area contributed by atoms with Crippen LogP contribution in [0.5, 0.6) is 0 Å². The van der Waals surface area contributed by atoms with E-state index in [0.717, 1.165) is 5.56 Å². The standard InChI is InChI=1S/C22H25F2N3O4/c23-15-7-5-14(6-8-15)12-25-21(29)11-16-9-10-19(20(13-28)31-16)27-22(30)26-18-4-2-1-3-17(18)24/h1-8,16,19-20,28H,9-13H2,(H,25,29)(H2,26,27,30)/t16-,19-,20-/m0/s1. The molecular formula is C22H25F2N3O4. The molecule has 0 aromatic heterocycles. The van der Waals surface area contributed by atoms with Crippen molar-refractivity contribution in [3.63, 3.8) is 0 Å². The van der Waals surface area contributed by atoms with E-state index in [4.69, 9.17) is 4.74 Å². The van der Waals surface area contributed by atoms with Crippen molar-refractivity contribution in [2.45, 2.75) is 44.1 Å². The van der Waals surface area contributed by atoms with Crippen molar-refractivity contribution in [1.82, 2.24) is 10.6 Å². The van der Waals surface area contributed by atoms with E-state index in [-0.39, 0.29) is 37.0 Å². The highest BCUT2D eigenvalue weighted by molar-refractivity contribution is 5.89. The lowest BCUT2D eigenvalue weighted by Crippen LogP contribution is -2.52. The summed E-state index contributed by atoms with van der Waals surface area (Å²) in [5, 5.41) is 17.5. The fourth-order valence-electron chi connectivity index (χ4n) is 3.42. The van der Waals surface area contributed by atoms with E-state index < -0.39 is 30.1 Å². The molecule has 0 unspecified atom stereocenters. The van der Waals surface area contributed by atoms with Crippen LogP contribution in [0.1, 0.15) is 24.8 Å². The van der Waals surface area contributed by atoms with Crippen LogP contribution in [-0.4, -0.2) is 41.9 Å². The number of hydrogen-bond donors (Lipinski definition) is 4. The second-order valence-electron chi connectivity index (χ2n) is 7.35. The van der Waals surface area contributed by atoms with Crippen LogP contribution in [0.4, 0.5) is 19.3 Å². The third-order valence-electron chi connectivity index (χ3n) is 5.05. The summed E-state index contributed by atoms with van der Waals surface area (Å²) >= 11 is 0. The maximum Gasteiger partial charge on any atom is 0.319 e. The zero-order valence-corrected chi connectivity index (χ0v) is 16.8. The van der Waals surface area contributed by atoms with E-state index in [2.05, 4.69) is 16.0 Å². The molecule has 0 bridgehead atoms. The lowest BCUT2D eigenvalue weighted by molar-refractivity contribution is -0.130. The van der Waals surface area contributed by atoms with Gasteiger partial charge in [-0.15, -0.1) is 0 Å². The van der Waals surface area contributed by atoms with Crippen LogP contribution < -0.4 is 16.0 Å². The first-order chi connectivity index (χ1) is 14.9. The fourth-order valence-corrected chi connectivity index (χ4v) is 3.42. The van der Waals surface area contributed by atoms with E-state index in [9.17, 15) is 23.5 Å². The van der Waals surface area contributed by atoms with Crippen LogP contribution in [0.15, 0.2) is 48.5 Å². The van der Waals surface area contributed by atoms with E-state index in [0.29, 0.717) is 12.8 Å². The third kappa shape index (κ3) is 6.73. The molecule has 2 aromatic carbocycles. The van der Waals surface area contributed by atoms with Crippen molar-refractivity contribution in [3.8, 4) is 0 Å². The lowest BCUT2D eigenvalue weighted by atomic mass is 9.97. The van der Waals surface area contributed by atoms with Crippen LogP contribution in [0, 0.1) is 11.6 Å². The van der Waals surface area contributed by atoms with Gasteiger partial charge in [-0.3, -0.25) is 4.79 Å². The molecule has 9 heteroatoms. The Morgan fingerprint density at radius 2 is 1.81 bits per heavy atom. The number of benzene rings is 2. The van der Waals surface area contributed by atoms with E-state index in [1.54, 1.807) is 18.2 Å². The predicted octanol–water partition coefficient (Wildman–Crippen LogP) is 2.70. The molecule has 1 heterocycles. The second-order valence-corrected chi connectivity index (χ2v) is 7.35. The topological polar surface area (TPSA) is 99.7 Å². The fraction of sp³-hybridized carbons (Fsp3) is 0.364. The molecule has 1 aliphatic heterocycles. The largest absolute Gasteiger partial charge is 0.394 e. The highest BCUT2D eigenvalue weighted by Crippen LogP contribution is 2.22. The Morgan fingerprint density at radius 3 is 2.52 bits per heavy atom. The Labute approximate surface area is 178 Å². The number of anilines is 1. The summed E-state index contributed by atoms with van der Waals surface area (Å²) in [7, 11) is 0. The summed E-state index contributed by atoms with van der Waals surface area (Å²) in [6.07, 6.45) is 0.0102. The van der Waals surface area contributed by atoms with Gasteiger partial charge in [-0.2, -0.15) is 0 Å². The Morgan fingerprint density at radius 1 is 1.06 bits per heavy atom. The Balaban J connectivity index is 1.45. The van der Waals surface area contributed by atoms with Crippen molar-refractivity contribution < 1.29 is 28.2 Å². The van der Waals surface area contributed by atoms with Gasteiger partial charge in [0.05, 0.1) is 30.9 Å². The molecule has 166 valence electrons. The number of nitrogens with one attached hydrogen (secondary N) is 3. The lowest BCUT2D eigenvalue weighted by Gasteiger charge is -2.35. The second kappa shape index (κ2) is 10.8. The highest BCUT2D eigenvalue weighted by Gasteiger charge is 2.33. The number of carbonyl (C=O) groups excluding carboxylic acids is 2. The Kier molecular flexibility index (Phi) is 7.91. The molecule has 31 heavy (non-hydrogen) atoms. The number of amides is 3. The maximum atomic E-state index is 13.7. The summed E-state index contributed by atoms with van der Waals surface area (Å²) in [6.45, 7) is -0.0615. The average molecular weight is 433 g/mol. The first kappa shape index (κ1) is 22.6. The molecule has 0 radical (unpaired) electrons. The number of halogens is 2. The number of ether oxygens (including phenoxy) is 1. The van der Waals surface area contributed by atoms with Gasteiger partial charge in [-0.1, -0.05) is 24.3 Å². The van der Waals surface area contributed by atoms with Crippen LogP contribution in [-0.2, 0) is 16.1 Å². The van der Waals surface area contributed by atoms with Crippen LogP contribution in [0.25, 0.3) is 0 Å². The summed E-state index contributed by atoms with van der Waals surface area (Å²) in [5.74, 6) is -1.12. The van der Waals surface area contributed by atoms with Gasteiger partial charge in [0.25, 0.3) is 0 Å². The molecule has 1 saturated heterocycles. The van der Waals surface area contributed by atoms with Gasteiger partial charge in [-0.05, 0) is 42.7 Å². The minimum absolute atomic E-state index is 0.0491. The minimum atomic E-state index is -0.685. The first-order valence-corrected chi connectivity index (χ1v) is 10.0. The summed E-state index contributed by atoms with van der Waals surface area (Å²) in [5.41, 5.74) is 0.825. The van der Waals surface area contributed by atoms with Crippen molar-refractivity contribution >= 4 is 17.6 Å². The Bertz CT molecular complexity index is 895. The summed E-state index contributed by atoms with van der Waals surface area (Å²) in [4.78, 5) is 24.4. The predicted molar refractivity (Wildman–Crippen MR) is 110 cm³/mol. The van der Waals surface area contributed by atoms with Crippen molar-refractivity contribution in [1.29, 1.82) is 0 Å². The number of aliphatic hydroxyl groups excluding tert-OH is 1. The van der Waals surface area contributed by atoms with Crippen molar-refractivity contribution in [3.05, 3.63) is 65.7 Å². The minimum Gasteiger partial charge on any atom is -0.394 e. The quantitative estimate of drug-likeness (QED) is 0.540. The zero-order valence-electron chi connectivity index (χ0n) is 16.8. The normalized spacial score (nSPS) is 20.7. The summed E-state index contributed by atoms with van der Waals surface area (Å²) in [6, 6.07) is 10.6. The molecule has 1 aliphatic rings. The molecular weight excluding hydrogens is 408 g/mol. The van der Waals surface area contributed by atoms with Gasteiger partial charge in [-0.25, -0.2) is 13.6 Å². The molecule has 4 N–H and O–H groups in total. The maximum absolute atomic E-state index is 13.7.